The standard InChI is InChI=1S/C7H16N2O2/c1-7(2,3)11-6(10)5-9-8-4/h8-9H,5H2,1-4H3. The molecule has 0 rings (SSSR count). The van der Waals surface area contributed by atoms with Gasteiger partial charge in [0, 0.05) is 0 Å². The Morgan fingerprint density at radius 2 is 2.00 bits per heavy atom. The van der Waals surface area contributed by atoms with Crippen LogP contribution in [0, 0.1) is 0 Å². The molecule has 11 heavy (non-hydrogen) atoms. The van der Waals surface area contributed by atoms with Gasteiger partial charge in [0.25, 0.3) is 0 Å². The Kier molecular flexibility index (Phi) is 4.07. The van der Waals surface area contributed by atoms with Gasteiger partial charge in [0.2, 0.25) is 0 Å². The van der Waals surface area contributed by atoms with Crippen LogP contribution >= 0.6 is 0 Å². The minimum absolute atomic E-state index is 0.188. The molecular formula is C7H16N2O2. The molecule has 0 saturated carbocycles. The van der Waals surface area contributed by atoms with E-state index < -0.39 is 5.60 Å². The topological polar surface area (TPSA) is 50.4 Å². The first-order valence-electron chi connectivity index (χ1n) is 3.57. The Labute approximate surface area is 67.3 Å². The molecule has 0 heterocycles. The minimum atomic E-state index is -0.396. The lowest BCUT2D eigenvalue weighted by Crippen LogP contribution is -2.36. The van der Waals surface area contributed by atoms with E-state index >= 15 is 0 Å². The van der Waals surface area contributed by atoms with Gasteiger partial charge in [0.15, 0.2) is 0 Å². The zero-order valence-corrected chi connectivity index (χ0v) is 7.52. The van der Waals surface area contributed by atoms with E-state index in [1.807, 2.05) is 20.8 Å². The van der Waals surface area contributed by atoms with E-state index in [0.717, 1.165) is 0 Å². The van der Waals surface area contributed by atoms with Gasteiger partial charge >= 0.3 is 5.97 Å². The van der Waals surface area contributed by atoms with Crippen LogP contribution in [0.5, 0.6) is 0 Å². The van der Waals surface area contributed by atoms with Gasteiger partial charge in [0.1, 0.15) is 12.1 Å². The average Bonchev–Trinajstić information content (AvgIpc) is 1.79. The molecule has 2 N–H and O–H groups in total. The van der Waals surface area contributed by atoms with Gasteiger partial charge in [-0.1, -0.05) is 0 Å². The molecular weight excluding hydrogens is 144 g/mol. The number of carbonyl (C=O) groups excluding carboxylic acids is 1. The summed E-state index contributed by atoms with van der Waals surface area (Å²) in [6, 6.07) is 0. The molecule has 0 fully saturated rings. The Hall–Kier alpha value is -0.610. The second kappa shape index (κ2) is 4.31. The van der Waals surface area contributed by atoms with Crippen LogP contribution in [0.1, 0.15) is 20.8 Å². The number of rotatable bonds is 3. The molecule has 4 nitrogen and oxygen atoms in total. The maximum atomic E-state index is 10.9. The molecule has 0 bridgehead atoms. The third kappa shape index (κ3) is 7.29. The van der Waals surface area contributed by atoms with Gasteiger partial charge in [-0.3, -0.25) is 10.2 Å². The van der Waals surface area contributed by atoms with Crippen LogP contribution in [-0.2, 0) is 9.53 Å². The lowest BCUT2D eigenvalue weighted by molar-refractivity contribution is -0.153. The van der Waals surface area contributed by atoms with E-state index in [1.54, 1.807) is 7.05 Å². The van der Waals surface area contributed by atoms with Crippen molar-refractivity contribution in [1.29, 1.82) is 0 Å². The Morgan fingerprint density at radius 3 is 2.36 bits per heavy atom. The molecule has 0 aliphatic rings. The zero-order chi connectivity index (χ0) is 8.91. The predicted octanol–water partition coefficient (Wildman–Crippen LogP) is 0.0521. The van der Waals surface area contributed by atoms with Crippen molar-refractivity contribution in [1.82, 2.24) is 10.9 Å². The highest BCUT2D eigenvalue weighted by Crippen LogP contribution is 2.05. The molecule has 66 valence electrons. The highest BCUT2D eigenvalue weighted by atomic mass is 16.6. The minimum Gasteiger partial charge on any atom is -0.459 e. The molecule has 0 radical (unpaired) electrons. The van der Waals surface area contributed by atoms with E-state index in [0.29, 0.717) is 0 Å². The van der Waals surface area contributed by atoms with Crippen molar-refractivity contribution in [2.24, 2.45) is 0 Å². The van der Waals surface area contributed by atoms with E-state index in [1.165, 1.54) is 0 Å². The van der Waals surface area contributed by atoms with Gasteiger partial charge in [-0.15, -0.1) is 0 Å². The Balaban J connectivity index is 3.53. The SMILES string of the molecule is CNNCC(=O)OC(C)(C)C. The van der Waals surface area contributed by atoms with Crippen molar-refractivity contribution in [2.45, 2.75) is 26.4 Å². The van der Waals surface area contributed by atoms with E-state index in [-0.39, 0.29) is 12.5 Å². The van der Waals surface area contributed by atoms with Crippen LogP contribution in [0.2, 0.25) is 0 Å². The highest BCUT2D eigenvalue weighted by Gasteiger charge is 2.14. The lowest BCUT2D eigenvalue weighted by Gasteiger charge is -2.19. The highest BCUT2D eigenvalue weighted by molar-refractivity contribution is 5.71. The van der Waals surface area contributed by atoms with Crippen LogP contribution < -0.4 is 10.9 Å². The number of ether oxygens (including phenoxy) is 1. The summed E-state index contributed by atoms with van der Waals surface area (Å²) in [4.78, 5) is 10.9. The van der Waals surface area contributed by atoms with Gasteiger partial charge in [-0.2, -0.15) is 0 Å². The van der Waals surface area contributed by atoms with Crippen molar-refractivity contribution in [2.75, 3.05) is 13.6 Å². The van der Waals surface area contributed by atoms with Gasteiger partial charge in [0.05, 0.1) is 0 Å². The molecule has 0 aromatic carbocycles. The first-order chi connectivity index (χ1) is 4.95. The summed E-state index contributed by atoms with van der Waals surface area (Å²) in [6.07, 6.45) is 0. The molecule has 0 aromatic rings. The number of esters is 1. The first kappa shape index (κ1) is 10.4. The third-order valence-electron chi connectivity index (χ3n) is 0.830. The van der Waals surface area contributed by atoms with Gasteiger partial charge < -0.3 is 4.74 Å². The maximum Gasteiger partial charge on any atom is 0.321 e. The second-order valence-corrected chi connectivity index (χ2v) is 3.19. The first-order valence-corrected chi connectivity index (χ1v) is 3.57. The summed E-state index contributed by atoms with van der Waals surface area (Å²) in [5, 5.41) is 0. The van der Waals surface area contributed by atoms with E-state index in [2.05, 4.69) is 10.9 Å². The quantitative estimate of drug-likeness (QED) is 0.452. The van der Waals surface area contributed by atoms with Crippen molar-refractivity contribution >= 4 is 5.97 Å². The number of carbonyl (C=O) groups is 1. The Morgan fingerprint density at radius 1 is 1.45 bits per heavy atom. The zero-order valence-electron chi connectivity index (χ0n) is 7.52. The van der Waals surface area contributed by atoms with Crippen LogP contribution in [0.25, 0.3) is 0 Å². The monoisotopic (exact) mass is 160 g/mol. The molecule has 0 saturated heterocycles. The summed E-state index contributed by atoms with van der Waals surface area (Å²) in [6.45, 7) is 5.70. The molecule has 0 aliphatic carbocycles. The average molecular weight is 160 g/mol. The van der Waals surface area contributed by atoms with E-state index in [9.17, 15) is 4.79 Å². The van der Waals surface area contributed by atoms with Crippen LogP contribution in [0.15, 0.2) is 0 Å². The molecule has 0 amide bonds. The summed E-state index contributed by atoms with van der Waals surface area (Å²) in [5.74, 6) is -0.258. The van der Waals surface area contributed by atoms with Crippen molar-refractivity contribution in [3.05, 3.63) is 0 Å². The van der Waals surface area contributed by atoms with Crippen molar-refractivity contribution < 1.29 is 9.53 Å². The van der Waals surface area contributed by atoms with Gasteiger partial charge in [-0.25, -0.2) is 5.43 Å². The van der Waals surface area contributed by atoms with Crippen LogP contribution in [0.3, 0.4) is 0 Å². The second-order valence-electron chi connectivity index (χ2n) is 3.19. The van der Waals surface area contributed by atoms with Gasteiger partial charge in [-0.05, 0) is 27.8 Å². The van der Waals surface area contributed by atoms with Crippen molar-refractivity contribution in [3.63, 3.8) is 0 Å². The fraction of sp³-hybridized carbons (Fsp3) is 0.857. The molecule has 0 aromatic heterocycles. The van der Waals surface area contributed by atoms with Crippen LogP contribution in [0.4, 0.5) is 0 Å². The number of hydrazine groups is 1. The summed E-state index contributed by atoms with van der Waals surface area (Å²) < 4.78 is 5.00. The predicted molar refractivity (Wildman–Crippen MR) is 42.9 cm³/mol. The number of hydrogen-bond donors (Lipinski definition) is 2. The molecule has 4 heteroatoms. The number of hydrogen-bond acceptors (Lipinski definition) is 4. The summed E-state index contributed by atoms with van der Waals surface area (Å²) in [7, 11) is 1.70. The lowest BCUT2D eigenvalue weighted by atomic mass is 10.2. The molecule has 0 aliphatic heterocycles. The molecule has 0 unspecified atom stereocenters. The van der Waals surface area contributed by atoms with Crippen molar-refractivity contribution in [3.8, 4) is 0 Å². The largest absolute Gasteiger partial charge is 0.459 e. The maximum absolute atomic E-state index is 10.9. The fourth-order valence-corrected chi connectivity index (χ4v) is 0.538. The Bertz CT molecular complexity index is 129. The van der Waals surface area contributed by atoms with E-state index in [4.69, 9.17) is 4.74 Å². The summed E-state index contributed by atoms with van der Waals surface area (Å²) in [5.41, 5.74) is 4.88. The fourth-order valence-electron chi connectivity index (χ4n) is 0.538. The molecule has 0 atom stereocenters. The molecule has 0 spiro atoms. The summed E-state index contributed by atoms with van der Waals surface area (Å²) >= 11 is 0. The van der Waals surface area contributed by atoms with Crippen LogP contribution in [-0.4, -0.2) is 25.2 Å². The third-order valence-corrected chi connectivity index (χ3v) is 0.830. The number of nitrogens with one attached hydrogen (secondary N) is 2. The smallest absolute Gasteiger partial charge is 0.321 e. The normalized spacial score (nSPS) is 11.3.